The molecule has 1 unspecified atom stereocenters. The summed E-state index contributed by atoms with van der Waals surface area (Å²) < 4.78 is 7.34. The number of nitrogens with zero attached hydrogens (tertiary/aromatic N) is 3. The van der Waals surface area contributed by atoms with Crippen molar-refractivity contribution in [3.05, 3.63) is 35.4 Å². The van der Waals surface area contributed by atoms with Crippen LogP contribution >= 0.6 is 0 Å². The Morgan fingerprint density at radius 2 is 2.05 bits per heavy atom. The zero-order valence-electron chi connectivity index (χ0n) is 12.1. The van der Waals surface area contributed by atoms with Gasteiger partial charge in [-0.1, -0.05) is 6.07 Å². The molecule has 2 rings (SSSR count). The molecule has 102 valence electrons. The Morgan fingerprint density at radius 3 is 2.58 bits per heavy atom. The number of aromatic nitrogens is 3. The molecule has 0 aliphatic rings. The molecule has 0 spiro atoms. The van der Waals surface area contributed by atoms with Crippen LogP contribution in [0.2, 0.25) is 0 Å². The van der Waals surface area contributed by atoms with Gasteiger partial charge in [0.2, 0.25) is 0 Å². The Kier molecular flexibility index (Phi) is 3.85. The number of hydrogen-bond donors (Lipinski definition) is 1. The molecule has 2 aromatic rings. The Bertz CT molecular complexity index is 577. The number of ether oxygens (including phenoxy) is 1. The van der Waals surface area contributed by atoms with Crippen molar-refractivity contribution >= 4 is 0 Å². The molecule has 0 amide bonds. The normalized spacial score (nSPS) is 12.5. The van der Waals surface area contributed by atoms with Crippen LogP contribution in [0.5, 0.6) is 5.75 Å². The van der Waals surface area contributed by atoms with Gasteiger partial charge in [0.05, 0.1) is 12.8 Å². The second-order valence-electron chi connectivity index (χ2n) is 4.52. The lowest BCUT2D eigenvalue weighted by Gasteiger charge is -2.19. The monoisotopic (exact) mass is 260 g/mol. The number of rotatable bonds is 4. The number of nitrogens with one attached hydrogen (secondary N) is 1. The fourth-order valence-electron chi connectivity index (χ4n) is 2.22. The molecule has 0 radical (unpaired) electrons. The lowest BCUT2D eigenvalue weighted by atomic mass is 10.0. The lowest BCUT2D eigenvalue weighted by molar-refractivity contribution is 0.403. The lowest BCUT2D eigenvalue weighted by Crippen LogP contribution is -2.17. The molecule has 5 heteroatoms. The summed E-state index contributed by atoms with van der Waals surface area (Å²) in [6.07, 6.45) is 0. The molecule has 1 N–H and O–H groups in total. The summed E-state index contributed by atoms with van der Waals surface area (Å²) in [5, 5.41) is 7.71. The first-order chi connectivity index (χ1) is 9.08. The molecule has 0 aliphatic heterocycles. The van der Waals surface area contributed by atoms with Gasteiger partial charge in [0.25, 0.3) is 0 Å². The minimum Gasteiger partial charge on any atom is -0.496 e. The molecule has 1 atom stereocenters. The van der Waals surface area contributed by atoms with Gasteiger partial charge in [-0.3, -0.25) is 0 Å². The van der Waals surface area contributed by atoms with Crippen molar-refractivity contribution < 1.29 is 4.74 Å². The van der Waals surface area contributed by atoms with E-state index in [9.17, 15) is 0 Å². The maximum atomic E-state index is 5.48. The van der Waals surface area contributed by atoms with Crippen molar-refractivity contribution in [2.75, 3.05) is 14.2 Å². The Labute approximate surface area is 113 Å². The molecule has 0 saturated carbocycles. The number of hydrogen-bond acceptors (Lipinski definition) is 4. The van der Waals surface area contributed by atoms with Crippen LogP contribution in [0.15, 0.2) is 18.2 Å². The number of benzene rings is 1. The third kappa shape index (κ3) is 2.46. The second kappa shape index (κ2) is 5.40. The van der Waals surface area contributed by atoms with Gasteiger partial charge in [-0.2, -0.15) is 5.10 Å². The van der Waals surface area contributed by atoms with Crippen molar-refractivity contribution in [2.24, 2.45) is 0 Å². The second-order valence-corrected chi connectivity index (χ2v) is 4.52. The van der Waals surface area contributed by atoms with Crippen LogP contribution in [0, 0.1) is 13.8 Å². The third-order valence-electron chi connectivity index (χ3n) is 3.23. The average molecular weight is 260 g/mol. The maximum absolute atomic E-state index is 5.48. The molecule has 0 fully saturated rings. The molecule has 0 saturated heterocycles. The van der Waals surface area contributed by atoms with Crippen LogP contribution in [0.25, 0.3) is 5.69 Å². The van der Waals surface area contributed by atoms with E-state index < -0.39 is 0 Å². The summed E-state index contributed by atoms with van der Waals surface area (Å²) in [6, 6.07) is 6.13. The van der Waals surface area contributed by atoms with Crippen LogP contribution < -0.4 is 10.1 Å². The fraction of sp³-hybridized carbons (Fsp3) is 0.429. The standard InChI is InChI=1S/C14H20N4O/c1-9(15-4)14-12(7-6-8-13(14)19-5)18-11(3)16-10(2)17-18/h6-9,15H,1-5H3. The minimum absolute atomic E-state index is 0.162. The van der Waals surface area contributed by atoms with Crippen LogP contribution in [0.4, 0.5) is 0 Å². The van der Waals surface area contributed by atoms with Crippen LogP contribution in [-0.2, 0) is 0 Å². The predicted molar refractivity (Wildman–Crippen MR) is 74.9 cm³/mol. The van der Waals surface area contributed by atoms with Gasteiger partial charge in [0.15, 0.2) is 0 Å². The molecule has 5 nitrogen and oxygen atoms in total. The van der Waals surface area contributed by atoms with Gasteiger partial charge in [-0.15, -0.1) is 0 Å². The Morgan fingerprint density at radius 1 is 1.32 bits per heavy atom. The first-order valence-electron chi connectivity index (χ1n) is 6.33. The van der Waals surface area contributed by atoms with E-state index >= 15 is 0 Å². The van der Waals surface area contributed by atoms with Gasteiger partial charge >= 0.3 is 0 Å². The first kappa shape index (κ1) is 13.5. The Balaban J connectivity index is 2.66. The van der Waals surface area contributed by atoms with E-state index in [1.165, 1.54) is 0 Å². The zero-order chi connectivity index (χ0) is 14.0. The summed E-state index contributed by atoms with van der Waals surface area (Å²) in [5.74, 6) is 2.49. The van der Waals surface area contributed by atoms with E-state index in [1.54, 1.807) is 7.11 Å². The van der Waals surface area contributed by atoms with Crippen LogP contribution in [-0.4, -0.2) is 28.9 Å². The topological polar surface area (TPSA) is 52.0 Å². The van der Waals surface area contributed by atoms with E-state index in [0.29, 0.717) is 0 Å². The van der Waals surface area contributed by atoms with Crippen molar-refractivity contribution in [3.8, 4) is 11.4 Å². The molecule has 0 bridgehead atoms. The minimum atomic E-state index is 0.162. The van der Waals surface area contributed by atoms with Crippen molar-refractivity contribution in [2.45, 2.75) is 26.8 Å². The number of aryl methyl sites for hydroxylation is 2. The van der Waals surface area contributed by atoms with Crippen molar-refractivity contribution in [1.29, 1.82) is 0 Å². The summed E-state index contributed by atoms with van der Waals surface area (Å²) in [6.45, 7) is 5.94. The van der Waals surface area contributed by atoms with Gasteiger partial charge in [-0.05, 0) is 40.0 Å². The molecular weight excluding hydrogens is 240 g/mol. The summed E-state index contributed by atoms with van der Waals surface area (Å²) in [4.78, 5) is 4.36. The maximum Gasteiger partial charge on any atom is 0.148 e. The molecule has 19 heavy (non-hydrogen) atoms. The Hall–Kier alpha value is -1.88. The van der Waals surface area contributed by atoms with E-state index in [4.69, 9.17) is 4.74 Å². The van der Waals surface area contributed by atoms with Gasteiger partial charge in [0.1, 0.15) is 17.4 Å². The van der Waals surface area contributed by atoms with Gasteiger partial charge in [-0.25, -0.2) is 9.67 Å². The summed E-state index contributed by atoms with van der Waals surface area (Å²) in [5.41, 5.74) is 2.08. The summed E-state index contributed by atoms with van der Waals surface area (Å²) in [7, 11) is 3.62. The molecule has 1 heterocycles. The summed E-state index contributed by atoms with van der Waals surface area (Å²) >= 11 is 0. The molecular formula is C14H20N4O. The smallest absolute Gasteiger partial charge is 0.148 e. The zero-order valence-corrected chi connectivity index (χ0v) is 12.1. The average Bonchev–Trinajstić information content (AvgIpc) is 2.75. The largest absolute Gasteiger partial charge is 0.496 e. The van der Waals surface area contributed by atoms with Gasteiger partial charge in [0, 0.05) is 11.6 Å². The fourth-order valence-corrected chi connectivity index (χ4v) is 2.22. The van der Waals surface area contributed by atoms with Crippen molar-refractivity contribution in [1.82, 2.24) is 20.1 Å². The van der Waals surface area contributed by atoms with Gasteiger partial charge < -0.3 is 10.1 Å². The highest BCUT2D eigenvalue weighted by molar-refractivity contribution is 5.51. The van der Waals surface area contributed by atoms with Crippen LogP contribution in [0.3, 0.4) is 0 Å². The molecule has 0 aliphatic carbocycles. The highest BCUT2D eigenvalue weighted by Gasteiger charge is 2.18. The highest BCUT2D eigenvalue weighted by Crippen LogP contribution is 2.31. The first-order valence-corrected chi connectivity index (χ1v) is 6.33. The quantitative estimate of drug-likeness (QED) is 0.915. The van der Waals surface area contributed by atoms with E-state index in [1.807, 2.05) is 43.8 Å². The molecule has 1 aromatic heterocycles. The van der Waals surface area contributed by atoms with E-state index in [-0.39, 0.29) is 6.04 Å². The highest BCUT2D eigenvalue weighted by atomic mass is 16.5. The van der Waals surface area contributed by atoms with E-state index in [0.717, 1.165) is 28.6 Å². The van der Waals surface area contributed by atoms with E-state index in [2.05, 4.69) is 22.3 Å². The van der Waals surface area contributed by atoms with Crippen molar-refractivity contribution in [3.63, 3.8) is 0 Å². The third-order valence-corrected chi connectivity index (χ3v) is 3.23. The SMILES string of the molecule is CNC(C)c1c(OC)cccc1-n1nc(C)nc1C. The molecule has 1 aromatic carbocycles. The van der Waals surface area contributed by atoms with Crippen LogP contribution in [0.1, 0.15) is 30.2 Å². The predicted octanol–water partition coefficient (Wildman–Crippen LogP) is 2.17. The number of methoxy groups -OCH3 is 1.